The average Bonchev–Trinajstić information content (AvgIpc) is 0.745. The van der Waals surface area contributed by atoms with Gasteiger partial charge in [-0.05, 0) is 176 Å². The molecule has 0 saturated carbocycles. The van der Waals surface area contributed by atoms with Gasteiger partial charge in [0, 0.05) is 86.6 Å². The minimum atomic E-state index is -0.882. The summed E-state index contributed by atoms with van der Waals surface area (Å²) < 4.78 is 114. The first kappa shape index (κ1) is 95.1. The predicted molar refractivity (Wildman–Crippen MR) is 524 cm³/mol. The summed E-state index contributed by atoms with van der Waals surface area (Å²) in [4.78, 5) is 108. The Morgan fingerprint density at radius 1 is 0.309 bits per heavy atom. The standard InChI is InChI=1S/C27H20FNO5S.C26H17ClFNO5S.C26H17F2NO5S.C25H15ClFNO5S/c1-15-5-3-8-19(11-15)35-25-23(30)22-24(34-27(25)32)20-10-9-18(33-2)13-21(20)29(26(22)31)14-16-6-4-7-17(28)12-16;1-33-16-8-11-18-20(12-16)29(13-14-4-2-3-5-19(14)28)25(31)21-22(30)24(26(32)34-23(18)21)35-17-9-6-15(27)7-10-17;1-33-16-9-10-18-20(12-16)29(13-14-5-2-3-8-19(14)28)25(31)21-22(30)24(26(32)34-23(18)21)35-17-7-4-6-15(27)11-17;26-14-4-2-6-17(10-14)34-23-21(30)20-22(33-25(23)32)18-8-7-16(29)11-19(18)28(24(20)31)12-13-3-1-5-15(27)9-13/h3-13,30H,14H2,1-2H3;2*2-12,30H,13H2,1H3;1-11,29-30H,12H2. The molecular formula is C104H69Cl2F5N4O20S4. The second-order valence-corrected chi connectivity index (χ2v) is 36.2. The van der Waals surface area contributed by atoms with Crippen molar-refractivity contribution in [2.75, 3.05) is 21.3 Å². The van der Waals surface area contributed by atoms with Crippen LogP contribution in [0.2, 0.25) is 10.0 Å². The Labute approximate surface area is 806 Å². The molecule has 0 radical (unpaired) electrons. The Morgan fingerprint density at radius 2 is 0.633 bits per heavy atom. The maximum Gasteiger partial charge on any atom is 0.354 e. The molecule has 139 heavy (non-hydrogen) atoms. The van der Waals surface area contributed by atoms with Crippen LogP contribution in [0.15, 0.2) is 362 Å². The van der Waals surface area contributed by atoms with E-state index >= 15 is 0 Å². The minimum absolute atomic E-state index is 0.0146. The van der Waals surface area contributed by atoms with Gasteiger partial charge in [0.25, 0.3) is 22.2 Å². The summed E-state index contributed by atoms with van der Waals surface area (Å²) in [7, 11) is 4.44. The summed E-state index contributed by atoms with van der Waals surface area (Å²) in [6.07, 6.45) is 0. The number of aromatic hydroxyl groups is 5. The normalized spacial score (nSPS) is 11.3. The number of methoxy groups -OCH3 is 3. The molecule has 0 fully saturated rings. The number of nitrogens with zero attached hydrogens (tertiary/aromatic N) is 4. The first-order valence-electron chi connectivity index (χ1n) is 41.7. The monoisotopic (exact) mass is 1990 g/mol. The molecule has 0 aliphatic rings. The molecule has 20 rings (SSSR count). The molecule has 0 atom stereocenters. The molecule has 0 spiro atoms. The Morgan fingerprint density at radius 3 is 0.993 bits per heavy atom. The fraction of sp³-hybridized carbons (Fsp3) is 0.0769. The van der Waals surface area contributed by atoms with Gasteiger partial charge in [0.1, 0.15) is 93.2 Å². The Bertz CT molecular complexity index is 8920. The summed E-state index contributed by atoms with van der Waals surface area (Å²) >= 11 is 15.6. The molecule has 698 valence electrons. The number of pyridine rings is 4. The van der Waals surface area contributed by atoms with Gasteiger partial charge < -0.3 is 75.7 Å². The number of hydrogen-bond acceptors (Lipinski definition) is 24. The Hall–Kier alpha value is -15.7. The molecule has 8 aromatic heterocycles. The Kier molecular flexibility index (Phi) is 27.6. The second kappa shape index (κ2) is 40.3. The van der Waals surface area contributed by atoms with Crippen LogP contribution in [0.25, 0.3) is 87.5 Å². The van der Waals surface area contributed by atoms with E-state index in [1.165, 1.54) is 118 Å². The van der Waals surface area contributed by atoms with Crippen molar-refractivity contribution in [2.24, 2.45) is 0 Å². The van der Waals surface area contributed by atoms with Crippen molar-refractivity contribution in [3.8, 4) is 46.0 Å². The molecule has 20 aromatic rings. The minimum Gasteiger partial charge on any atom is -0.508 e. The highest BCUT2D eigenvalue weighted by Gasteiger charge is 2.30. The third-order valence-electron chi connectivity index (χ3n) is 22.1. The number of benzene rings is 12. The zero-order valence-corrected chi connectivity index (χ0v) is 77.4. The average molecular weight is 1990 g/mol. The van der Waals surface area contributed by atoms with Crippen LogP contribution in [0, 0.1) is 36.0 Å². The lowest BCUT2D eigenvalue weighted by Crippen LogP contribution is -2.23. The van der Waals surface area contributed by atoms with Gasteiger partial charge in [0.15, 0.2) is 45.3 Å². The predicted octanol–water partition coefficient (Wildman–Crippen LogP) is 22.1. The number of ether oxygens (including phenoxy) is 3. The molecule has 24 nitrogen and oxygen atoms in total. The van der Waals surface area contributed by atoms with Crippen molar-refractivity contribution in [3.05, 3.63) is 417 Å². The van der Waals surface area contributed by atoms with Gasteiger partial charge >= 0.3 is 22.5 Å². The molecule has 12 aromatic carbocycles. The molecule has 0 unspecified atom stereocenters. The number of aryl methyl sites for hydroxylation is 1. The number of halogens is 7. The first-order valence-corrected chi connectivity index (χ1v) is 45.7. The third kappa shape index (κ3) is 19.6. The quantitative estimate of drug-likeness (QED) is 0.0371. The number of rotatable bonds is 19. The van der Waals surface area contributed by atoms with Crippen molar-refractivity contribution in [2.45, 2.75) is 72.3 Å². The molecular weight excluding hydrogens is 1920 g/mol. The van der Waals surface area contributed by atoms with Crippen LogP contribution in [-0.4, -0.2) is 65.1 Å². The van der Waals surface area contributed by atoms with E-state index in [0.717, 1.165) is 57.5 Å². The highest BCUT2D eigenvalue weighted by molar-refractivity contribution is 8.00. The van der Waals surface area contributed by atoms with Crippen molar-refractivity contribution in [1.29, 1.82) is 0 Å². The van der Waals surface area contributed by atoms with Gasteiger partial charge in [-0.3, -0.25) is 19.2 Å². The fourth-order valence-electron chi connectivity index (χ4n) is 15.6. The molecule has 0 bridgehead atoms. The highest BCUT2D eigenvalue weighted by atomic mass is 35.5. The van der Waals surface area contributed by atoms with E-state index in [4.69, 9.17) is 55.1 Å². The van der Waals surface area contributed by atoms with E-state index in [0.29, 0.717) is 91.2 Å². The summed E-state index contributed by atoms with van der Waals surface area (Å²) in [6.45, 7) is 1.66. The Balaban J connectivity index is 0.000000128. The maximum absolute atomic E-state index is 14.5. The van der Waals surface area contributed by atoms with E-state index in [-0.39, 0.29) is 112 Å². The van der Waals surface area contributed by atoms with Crippen LogP contribution in [0.4, 0.5) is 22.0 Å². The van der Waals surface area contributed by atoms with E-state index in [1.54, 1.807) is 170 Å². The molecule has 5 N–H and O–H groups in total. The summed E-state index contributed by atoms with van der Waals surface area (Å²) in [6, 6.07) is 68.8. The zero-order valence-electron chi connectivity index (χ0n) is 72.7. The van der Waals surface area contributed by atoms with Gasteiger partial charge in [0.05, 0.1) is 69.6 Å². The van der Waals surface area contributed by atoms with Gasteiger partial charge in [-0.25, -0.2) is 41.1 Å². The van der Waals surface area contributed by atoms with Gasteiger partial charge in [-0.15, -0.1) is 0 Å². The van der Waals surface area contributed by atoms with Crippen LogP contribution in [0.5, 0.6) is 46.0 Å². The van der Waals surface area contributed by atoms with Crippen molar-refractivity contribution in [3.63, 3.8) is 0 Å². The molecule has 35 heteroatoms. The summed E-state index contributed by atoms with van der Waals surface area (Å²) in [5, 5.41) is 56.2. The van der Waals surface area contributed by atoms with Crippen LogP contribution < -0.4 is 59.0 Å². The summed E-state index contributed by atoms with van der Waals surface area (Å²) in [5.41, 5.74) is -2.13. The lowest BCUT2D eigenvalue weighted by atomic mass is 10.1. The van der Waals surface area contributed by atoms with Crippen molar-refractivity contribution >= 4 is 158 Å². The fourth-order valence-corrected chi connectivity index (χ4v) is 19.5. The smallest absolute Gasteiger partial charge is 0.354 e. The van der Waals surface area contributed by atoms with Crippen LogP contribution >= 0.6 is 70.2 Å². The topological polar surface area (TPSA) is 338 Å². The highest BCUT2D eigenvalue weighted by Crippen LogP contribution is 2.45. The number of aromatic nitrogens is 4. The SMILES string of the molecule is COc1ccc2c3oc(=O)c(Sc4ccc(Cl)cc4)c(O)c3c(=O)n(Cc3ccccc3F)c2c1.COc1ccc2c3oc(=O)c(Sc4cccc(C)c4)c(O)c3c(=O)n(Cc3cccc(F)c3)c2c1.COc1ccc2c3oc(=O)c(Sc4cccc(F)c4)c(O)c3c(=O)n(Cc3ccccc3F)c2c1.O=c1oc2c(c(O)c1Sc1cccc(Cl)c1)c(=O)n(Cc1cccc(F)c1)c1cc(O)ccc21. The number of phenolic OH excluding ortho intramolecular Hbond substituents is 1. The van der Waals surface area contributed by atoms with Crippen LogP contribution in [0.3, 0.4) is 0 Å². The van der Waals surface area contributed by atoms with E-state index in [1.807, 2.05) is 25.1 Å². The largest absolute Gasteiger partial charge is 0.508 e. The lowest BCUT2D eigenvalue weighted by molar-refractivity contribution is 0.415. The van der Waals surface area contributed by atoms with E-state index in [2.05, 4.69) is 0 Å². The van der Waals surface area contributed by atoms with Gasteiger partial charge in [-0.1, -0.05) is 161 Å². The molecule has 0 aliphatic carbocycles. The third-order valence-corrected chi connectivity index (χ3v) is 26.8. The molecule has 0 aliphatic heterocycles. The number of phenols is 1. The van der Waals surface area contributed by atoms with Gasteiger partial charge in [0.2, 0.25) is 0 Å². The molecule has 0 saturated heterocycles. The molecule has 0 amide bonds. The van der Waals surface area contributed by atoms with Crippen LogP contribution in [0.1, 0.15) is 27.8 Å². The van der Waals surface area contributed by atoms with Crippen molar-refractivity contribution < 1.29 is 79.4 Å². The summed E-state index contributed by atoms with van der Waals surface area (Å²) in [5.74, 6) is -3.17. The second-order valence-electron chi connectivity index (χ2n) is 31.0. The number of fused-ring (bicyclic) bond motifs is 12. The lowest BCUT2D eigenvalue weighted by Gasteiger charge is -2.15. The van der Waals surface area contributed by atoms with Crippen molar-refractivity contribution in [1.82, 2.24) is 18.3 Å². The zero-order chi connectivity index (χ0) is 98.1. The maximum atomic E-state index is 14.5. The molecule has 8 heterocycles. The first-order chi connectivity index (χ1) is 66.9. The number of hydrogen-bond donors (Lipinski definition) is 5. The van der Waals surface area contributed by atoms with Gasteiger partial charge in [-0.2, -0.15) is 0 Å². The van der Waals surface area contributed by atoms with Crippen LogP contribution in [-0.2, 0) is 26.2 Å². The van der Waals surface area contributed by atoms with E-state index in [9.17, 15) is 85.8 Å². The van der Waals surface area contributed by atoms with E-state index < -0.39 is 96.8 Å².